The molecule has 0 radical (unpaired) electrons. The third-order valence-corrected chi connectivity index (χ3v) is 2.18. The number of amides is 1. The van der Waals surface area contributed by atoms with Gasteiger partial charge in [0.2, 0.25) is 5.91 Å². The predicted molar refractivity (Wildman–Crippen MR) is 49.7 cm³/mol. The maximum Gasteiger partial charge on any atom is 0.405 e. The van der Waals surface area contributed by atoms with E-state index in [-0.39, 0.29) is 18.9 Å². The molecule has 0 atom stereocenters. The van der Waals surface area contributed by atoms with Crippen molar-refractivity contribution in [3.63, 3.8) is 0 Å². The number of halogens is 3. The van der Waals surface area contributed by atoms with Gasteiger partial charge in [0.15, 0.2) is 0 Å². The molecule has 0 spiro atoms. The molecule has 1 amide bonds. The van der Waals surface area contributed by atoms with Crippen LogP contribution >= 0.6 is 0 Å². The van der Waals surface area contributed by atoms with Crippen molar-refractivity contribution in [2.45, 2.75) is 19.0 Å². The van der Waals surface area contributed by atoms with E-state index >= 15 is 0 Å². The van der Waals surface area contributed by atoms with E-state index in [9.17, 15) is 22.8 Å². The summed E-state index contributed by atoms with van der Waals surface area (Å²) >= 11 is 0. The maximum atomic E-state index is 11.8. The van der Waals surface area contributed by atoms with Crippen molar-refractivity contribution < 1.29 is 22.8 Å². The molecule has 1 heterocycles. The molecule has 1 N–H and O–H groups in total. The molecule has 0 bridgehead atoms. The molecular formula is C9H13F3N2O2. The van der Waals surface area contributed by atoms with Gasteiger partial charge < -0.3 is 5.32 Å². The van der Waals surface area contributed by atoms with E-state index in [1.807, 2.05) is 0 Å². The molecule has 0 aromatic carbocycles. The van der Waals surface area contributed by atoms with Crippen molar-refractivity contribution in [1.29, 1.82) is 0 Å². The summed E-state index contributed by atoms with van der Waals surface area (Å²) < 4.78 is 35.3. The van der Waals surface area contributed by atoms with Crippen molar-refractivity contribution in [2.24, 2.45) is 0 Å². The first-order valence-electron chi connectivity index (χ1n) is 4.94. The number of ketones is 1. The minimum Gasteiger partial charge on any atom is -0.346 e. The van der Waals surface area contributed by atoms with Crippen molar-refractivity contribution in [2.75, 3.05) is 26.2 Å². The van der Waals surface area contributed by atoms with Crippen molar-refractivity contribution >= 4 is 11.7 Å². The lowest BCUT2D eigenvalue weighted by atomic mass is 10.1. The lowest BCUT2D eigenvalue weighted by Crippen LogP contribution is -2.44. The zero-order valence-electron chi connectivity index (χ0n) is 8.64. The first-order chi connectivity index (χ1) is 7.37. The molecule has 1 saturated heterocycles. The average Bonchev–Trinajstić information content (AvgIpc) is 2.14. The van der Waals surface area contributed by atoms with Crippen LogP contribution in [0.4, 0.5) is 13.2 Å². The molecule has 0 aliphatic carbocycles. The Kier molecular flexibility index (Phi) is 4.28. The molecule has 1 aliphatic rings. The third-order valence-electron chi connectivity index (χ3n) is 2.18. The molecule has 1 rings (SSSR count). The number of nitrogens with one attached hydrogen (secondary N) is 1. The summed E-state index contributed by atoms with van der Waals surface area (Å²) in [7, 11) is 0. The Morgan fingerprint density at radius 2 is 2.12 bits per heavy atom. The highest BCUT2D eigenvalue weighted by atomic mass is 19.4. The van der Waals surface area contributed by atoms with Crippen LogP contribution in [0.1, 0.15) is 12.8 Å². The van der Waals surface area contributed by atoms with Crippen LogP contribution in [0.25, 0.3) is 0 Å². The molecule has 1 aliphatic heterocycles. The van der Waals surface area contributed by atoms with Crippen LogP contribution in [0.2, 0.25) is 0 Å². The second kappa shape index (κ2) is 5.29. The fraction of sp³-hybridized carbons (Fsp3) is 0.778. The number of piperidine rings is 1. The van der Waals surface area contributed by atoms with Gasteiger partial charge in [0.05, 0.1) is 13.1 Å². The smallest absolute Gasteiger partial charge is 0.346 e. The largest absolute Gasteiger partial charge is 0.405 e. The number of alkyl halides is 3. The number of hydrogen-bond donors (Lipinski definition) is 1. The van der Waals surface area contributed by atoms with Crippen LogP contribution in [0, 0.1) is 0 Å². The van der Waals surface area contributed by atoms with Gasteiger partial charge in [-0.05, 0) is 13.0 Å². The van der Waals surface area contributed by atoms with Gasteiger partial charge in [0, 0.05) is 6.42 Å². The van der Waals surface area contributed by atoms with Gasteiger partial charge in [-0.2, -0.15) is 13.2 Å². The highest BCUT2D eigenvalue weighted by Crippen LogP contribution is 2.12. The Hall–Kier alpha value is -1.11. The van der Waals surface area contributed by atoms with E-state index in [0.717, 1.165) is 0 Å². The molecule has 0 aromatic heterocycles. The van der Waals surface area contributed by atoms with E-state index < -0.39 is 18.6 Å². The van der Waals surface area contributed by atoms with Crippen LogP contribution < -0.4 is 5.32 Å². The quantitative estimate of drug-likeness (QED) is 0.770. The summed E-state index contributed by atoms with van der Waals surface area (Å²) in [6.07, 6.45) is -3.25. The molecule has 0 unspecified atom stereocenters. The highest BCUT2D eigenvalue weighted by Gasteiger charge is 2.28. The third kappa shape index (κ3) is 5.11. The number of rotatable bonds is 3. The van der Waals surface area contributed by atoms with E-state index in [2.05, 4.69) is 0 Å². The van der Waals surface area contributed by atoms with Crippen LogP contribution in [-0.4, -0.2) is 48.9 Å². The molecule has 4 nitrogen and oxygen atoms in total. The zero-order valence-corrected chi connectivity index (χ0v) is 8.64. The molecule has 0 aromatic rings. The van der Waals surface area contributed by atoms with Gasteiger partial charge >= 0.3 is 6.18 Å². The lowest BCUT2D eigenvalue weighted by molar-refractivity contribution is -0.139. The maximum absolute atomic E-state index is 11.8. The fourth-order valence-corrected chi connectivity index (χ4v) is 1.50. The first kappa shape index (κ1) is 13.0. The lowest BCUT2D eigenvalue weighted by Gasteiger charge is -2.24. The standard InChI is InChI=1S/C9H13F3N2O2/c10-9(11,12)6-13-8(16)5-14-3-1-2-7(15)4-14/h1-6H2,(H,13,16). The molecule has 0 saturated carbocycles. The van der Waals surface area contributed by atoms with Crippen molar-refractivity contribution in [1.82, 2.24) is 10.2 Å². The summed E-state index contributed by atoms with van der Waals surface area (Å²) in [6, 6.07) is 0. The van der Waals surface area contributed by atoms with E-state index in [1.54, 1.807) is 10.2 Å². The minimum atomic E-state index is -4.40. The summed E-state index contributed by atoms with van der Waals surface area (Å²) in [5.41, 5.74) is 0. The summed E-state index contributed by atoms with van der Waals surface area (Å²) in [4.78, 5) is 23.7. The Morgan fingerprint density at radius 3 is 2.69 bits per heavy atom. The van der Waals surface area contributed by atoms with Crippen molar-refractivity contribution in [3.8, 4) is 0 Å². The molecule has 7 heteroatoms. The van der Waals surface area contributed by atoms with Crippen LogP contribution in [0.5, 0.6) is 0 Å². The van der Waals surface area contributed by atoms with Crippen LogP contribution in [-0.2, 0) is 9.59 Å². The summed E-state index contributed by atoms with van der Waals surface area (Å²) in [6.45, 7) is -0.750. The predicted octanol–water partition coefficient (Wildman–Crippen LogP) is 0.330. The SMILES string of the molecule is O=C1CCCN(CC(=O)NCC(F)(F)F)C1. The molecule has 16 heavy (non-hydrogen) atoms. The summed E-state index contributed by atoms with van der Waals surface area (Å²) in [5, 5.41) is 1.77. The Labute approximate surface area is 90.8 Å². The number of nitrogens with zero attached hydrogens (tertiary/aromatic N) is 1. The average molecular weight is 238 g/mol. The van der Waals surface area contributed by atoms with Gasteiger partial charge in [-0.15, -0.1) is 0 Å². The number of hydrogen-bond acceptors (Lipinski definition) is 3. The van der Waals surface area contributed by atoms with E-state index in [1.165, 1.54) is 0 Å². The number of likely N-dealkylation sites (tertiary alicyclic amines) is 1. The zero-order chi connectivity index (χ0) is 12.2. The second-order valence-corrected chi connectivity index (χ2v) is 3.74. The van der Waals surface area contributed by atoms with Crippen LogP contribution in [0.15, 0.2) is 0 Å². The van der Waals surface area contributed by atoms with Crippen LogP contribution in [0.3, 0.4) is 0 Å². The number of carbonyl (C=O) groups excluding carboxylic acids is 2. The molecule has 1 fully saturated rings. The first-order valence-corrected chi connectivity index (χ1v) is 4.94. The van der Waals surface area contributed by atoms with Gasteiger partial charge in [0.25, 0.3) is 0 Å². The summed E-state index contributed by atoms with van der Waals surface area (Å²) in [5.74, 6) is -0.679. The van der Waals surface area contributed by atoms with E-state index in [0.29, 0.717) is 19.4 Å². The van der Waals surface area contributed by atoms with Gasteiger partial charge in [-0.1, -0.05) is 0 Å². The van der Waals surface area contributed by atoms with Gasteiger partial charge in [-0.25, -0.2) is 0 Å². The number of carbonyl (C=O) groups is 2. The number of Topliss-reactive ketones (excluding diaryl/α,β-unsaturated/α-hetero) is 1. The topological polar surface area (TPSA) is 49.4 Å². The highest BCUT2D eigenvalue weighted by molar-refractivity contribution is 5.83. The molecule has 92 valence electrons. The Morgan fingerprint density at radius 1 is 1.44 bits per heavy atom. The van der Waals surface area contributed by atoms with Gasteiger partial charge in [-0.3, -0.25) is 14.5 Å². The molecular weight excluding hydrogens is 225 g/mol. The monoisotopic (exact) mass is 238 g/mol. The second-order valence-electron chi connectivity index (χ2n) is 3.74. The van der Waals surface area contributed by atoms with Gasteiger partial charge in [0.1, 0.15) is 12.3 Å². The van der Waals surface area contributed by atoms with Crippen molar-refractivity contribution in [3.05, 3.63) is 0 Å². The fourth-order valence-electron chi connectivity index (χ4n) is 1.50. The Balaban J connectivity index is 2.26. The normalized spacial score (nSPS) is 18.6. The Bertz CT molecular complexity index is 278. The van der Waals surface area contributed by atoms with E-state index in [4.69, 9.17) is 0 Å². The minimum absolute atomic E-state index is 0.0230.